The second-order valence-corrected chi connectivity index (χ2v) is 12.0. The monoisotopic (exact) mass is 616 g/mol. The maximum atomic E-state index is 13.6. The van der Waals surface area contributed by atoms with E-state index in [-0.39, 0.29) is 38.5 Å². The van der Waals surface area contributed by atoms with E-state index in [2.05, 4.69) is 0 Å². The van der Waals surface area contributed by atoms with E-state index in [1.807, 2.05) is 0 Å². The van der Waals surface area contributed by atoms with Crippen molar-refractivity contribution in [1.82, 2.24) is 29.8 Å². The molecule has 43 heavy (non-hydrogen) atoms. The van der Waals surface area contributed by atoms with Gasteiger partial charge in [-0.05, 0) is 32.6 Å². The summed E-state index contributed by atoms with van der Waals surface area (Å²) in [5, 5.41) is 66.3. The largest absolute Gasteiger partial charge is 0.376 e. The zero-order chi connectivity index (χ0) is 31.1. The molecule has 2 saturated carbocycles. The summed E-state index contributed by atoms with van der Waals surface area (Å²) in [6.07, 6.45) is 0.0209. The molecule has 0 aromatic rings. The van der Waals surface area contributed by atoms with Crippen LogP contribution in [0.4, 0.5) is 14.4 Å². The Morgan fingerprint density at radius 2 is 1.05 bits per heavy atom. The fourth-order valence-corrected chi connectivity index (χ4v) is 6.53. The summed E-state index contributed by atoms with van der Waals surface area (Å²) in [6.45, 7) is 0.806. The molecular weight excluding hydrogens is 572 g/mol. The number of rotatable bonds is 10. The highest BCUT2D eigenvalue weighted by Crippen LogP contribution is 2.38. The Hall–Kier alpha value is -2.51. The summed E-state index contributed by atoms with van der Waals surface area (Å²) in [7, 11) is 0. The third-order valence-electron chi connectivity index (χ3n) is 9.01. The SMILES string of the molecule is C[C@@]1(O)C(O)N(N2C(=O)N(CCOC3CCCCC3)C(O)C2O)C(=O)N1N1C(=O)N(CCOC2CCCCC2)C(O)C1O. The molecule has 5 aliphatic rings. The molecule has 5 rings (SSSR count). The smallest absolute Gasteiger partial charge is 0.363 e. The number of aliphatic hydroxyl groups is 6. The molecule has 3 heterocycles. The van der Waals surface area contributed by atoms with E-state index in [0.717, 1.165) is 80.9 Å². The van der Waals surface area contributed by atoms with Gasteiger partial charge in [-0.1, -0.05) is 38.5 Å². The number of amides is 6. The van der Waals surface area contributed by atoms with Crippen molar-refractivity contribution in [2.75, 3.05) is 26.3 Å². The topological polar surface area (TPSA) is 210 Å². The summed E-state index contributed by atoms with van der Waals surface area (Å²) in [6, 6.07) is -3.51. The van der Waals surface area contributed by atoms with E-state index in [1.165, 1.54) is 0 Å². The molecule has 0 radical (unpaired) electrons. The Morgan fingerprint density at radius 3 is 1.51 bits per heavy atom. The van der Waals surface area contributed by atoms with Gasteiger partial charge in [0.25, 0.3) is 0 Å². The lowest BCUT2D eigenvalue weighted by Crippen LogP contribution is -2.60. The van der Waals surface area contributed by atoms with E-state index in [0.29, 0.717) is 20.0 Å². The number of carbonyl (C=O) groups excluding carboxylic acids is 3. The van der Waals surface area contributed by atoms with Gasteiger partial charge in [0.2, 0.25) is 12.0 Å². The fourth-order valence-electron chi connectivity index (χ4n) is 6.53. The van der Waals surface area contributed by atoms with Gasteiger partial charge < -0.3 is 40.1 Å². The van der Waals surface area contributed by atoms with Gasteiger partial charge in [-0.2, -0.15) is 20.0 Å². The lowest BCUT2D eigenvalue weighted by Gasteiger charge is -2.36. The molecule has 3 aliphatic heterocycles. The molecule has 0 bridgehead atoms. The van der Waals surface area contributed by atoms with E-state index < -0.39 is 55.0 Å². The van der Waals surface area contributed by atoms with Crippen molar-refractivity contribution in [1.29, 1.82) is 0 Å². The van der Waals surface area contributed by atoms with Gasteiger partial charge in [0, 0.05) is 13.1 Å². The Balaban J connectivity index is 1.26. The quantitative estimate of drug-likeness (QED) is 0.176. The average Bonchev–Trinajstić information content (AvgIpc) is 3.40. The molecule has 3 saturated heterocycles. The minimum absolute atomic E-state index is 0.0207. The van der Waals surface area contributed by atoms with Crippen molar-refractivity contribution < 1.29 is 54.5 Å². The lowest BCUT2D eigenvalue weighted by molar-refractivity contribution is -0.233. The van der Waals surface area contributed by atoms with Crippen molar-refractivity contribution in [3.63, 3.8) is 0 Å². The highest BCUT2D eigenvalue weighted by Gasteiger charge is 2.65. The van der Waals surface area contributed by atoms with Gasteiger partial charge in [0.05, 0.1) is 25.4 Å². The van der Waals surface area contributed by atoms with E-state index in [1.54, 1.807) is 0 Å². The fraction of sp³-hybridized carbons (Fsp3) is 0.885. The first-order valence-electron chi connectivity index (χ1n) is 15.2. The maximum Gasteiger partial charge on any atom is 0.363 e. The van der Waals surface area contributed by atoms with Crippen LogP contribution in [-0.4, -0.2) is 154 Å². The Kier molecular flexibility index (Phi) is 9.53. The predicted molar refractivity (Wildman–Crippen MR) is 143 cm³/mol. The average molecular weight is 617 g/mol. The first-order valence-corrected chi connectivity index (χ1v) is 15.2. The zero-order valence-corrected chi connectivity index (χ0v) is 24.3. The first kappa shape index (κ1) is 31.9. The first-order chi connectivity index (χ1) is 20.5. The highest BCUT2D eigenvalue weighted by atomic mass is 16.5. The van der Waals surface area contributed by atoms with Crippen LogP contribution in [0.1, 0.15) is 71.1 Å². The molecule has 0 spiro atoms. The number of nitrogens with zero attached hydrogens (tertiary/aromatic N) is 6. The van der Waals surface area contributed by atoms with E-state index in [9.17, 15) is 45.0 Å². The highest BCUT2D eigenvalue weighted by molar-refractivity contribution is 5.87. The van der Waals surface area contributed by atoms with Crippen LogP contribution in [0.5, 0.6) is 0 Å². The van der Waals surface area contributed by atoms with Crippen LogP contribution in [0.3, 0.4) is 0 Å². The van der Waals surface area contributed by atoms with Crippen molar-refractivity contribution >= 4 is 18.1 Å². The summed E-state index contributed by atoms with van der Waals surface area (Å²) in [5.74, 6) is 0. The second-order valence-electron chi connectivity index (χ2n) is 12.0. The van der Waals surface area contributed by atoms with Crippen LogP contribution < -0.4 is 0 Å². The standard InChI is InChI=1S/C26H44N6O11/c1-26(41)22(37)31(29-20(35)18(33)27(23(29)38)12-14-42-16-8-4-2-5-9-16)25(40)32(26)30-21(36)19(34)28(24(30)39)13-15-43-17-10-6-3-7-11-17/h16-22,33-37,41H,2-15H2,1H3/t18?,19?,20?,21?,22?,26-/m1/s1. The molecule has 17 heteroatoms. The van der Waals surface area contributed by atoms with Crippen LogP contribution in [0.25, 0.3) is 0 Å². The molecule has 0 aromatic carbocycles. The molecule has 244 valence electrons. The number of urea groups is 3. The van der Waals surface area contributed by atoms with Gasteiger partial charge in [0.1, 0.15) is 0 Å². The molecule has 2 aliphatic carbocycles. The van der Waals surface area contributed by atoms with Gasteiger partial charge in [-0.3, -0.25) is 9.80 Å². The summed E-state index contributed by atoms with van der Waals surface area (Å²) in [4.78, 5) is 42.0. The van der Waals surface area contributed by atoms with Crippen molar-refractivity contribution in [3.05, 3.63) is 0 Å². The normalized spacial score (nSPS) is 35.0. The minimum atomic E-state index is -2.63. The zero-order valence-electron chi connectivity index (χ0n) is 24.3. The maximum absolute atomic E-state index is 13.6. The Bertz CT molecular complexity index is 1030. The Labute approximate surface area is 249 Å². The third kappa shape index (κ3) is 5.84. The Morgan fingerprint density at radius 1 is 0.628 bits per heavy atom. The molecule has 6 N–H and O–H groups in total. The lowest BCUT2D eigenvalue weighted by atomic mass is 9.98. The van der Waals surface area contributed by atoms with E-state index >= 15 is 0 Å². The predicted octanol–water partition coefficient (Wildman–Crippen LogP) is -0.972. The molecular formula is C26H44N6O11. The van der Waals surface area contributed by atoms with Crippen molar-refractivity contribution in [2.45, 2.75) is 120 Å². The number of hydrogen-bond acceptors (Lipinski definition) is 11. The van der Waals surface area contributed by atoms with Gasteiger partial charge in [0.15, 0.2) is 24.9 Å². The van der Waals surface area contributed by atoms with Crippen molar-refractivity contribution in [2.24, 2.45) is 0 Å². The molecule has 6 atom stereocenters. The van der Waals surface area contributed by atoms with Crippen LogP contribution in [-0.2, 0) is 9.47 Å². The molecule has 5 unspecified atom stereocenters. The third-order valence-corrected chi connectivity index (χ3v) is 9.01. The number of hydrazine groups is 2. The number of hydrogen-bond donors (Lipinski definition) is 6. The summed E-state index contributed by atoms with van der Waals surface area (Å²) in [5.41, 5.74) is -2.63. The van der Waals surface area contributed by atoms with Gasteiger partial charge in [-0.25, -0.2) is 14.4 Å². The molecule has 6 amide bonds. The molecule has 0 aromatic heterocycles. The number of ether oxygens (including phenoxy) is 2. The summed E-state index contributed by atoms with van der Waals surface area (Å²) < 4.78 is 11.6. The van der Waals surface area contributed by atoms with Gasteiger partial charge in [-0.15, -0.1) is 0 Å². The van der Waals surface area contributed by atoms with Crippen LogP contribution in [0.2, 0.25) is 0 Å². The summed E-state index contributed by atoms with van der Waals surface area (Å²) >= 11 is 0. The van der Waals surface area contributed by atoms with Crippen LogP contribution in [0, 0.1) is 0 Å². The second kappa shape index (κ2) is 12.8. The van der Waals surface area contributed by atoms with E-state index in [4.69, 9.17) is 9.47 Å². The van der Waals surface area contributed by atoms with Crippen molar-refractivity contribution in [3.8, 4) is 0 Å². The number of aliphatic hydroxyl groups excluding tert-OH is 5. The molecule has 5 fully saturated rings. The van der Waals surface area contributed by atoms with Gasteiger partial charge >= 0.3 is 18.1 Å². The minimum Gasteiger partial charge on any atom is -0.376 e. The van der Waals surface area contributed by atoms with Crippen LogP contribution >= 0.6 is 0 Å². The van der Waals surface area contributed by atoms with Crippen LogP contribution in [0.15, 0.2) is 0 Å². The molecule has 17 nitrogen and oxygen atoms in total. The number of carbonyl (C=O) groups is 3.